The summed E-state index contributed by atoms with van der Waals surface area (Å²) in [6.45, 7) is 5.48. The van der Waals surface area contributed by atoms with E-state index in [1.807, 2.05) is 30.9 Å². The van der Waals surface area contributed by atoms with Gasteiger partial charge in [-0.2, -0.15) is 4.31 Å². The summed E-state index contributed by atoms with van der Waals surface area (Å²) in [6, 6.07) is 7.20. The molecule has 0 saturated carbocycles. The maximum absolute atomic E-state index is 13.2. The molecule has 6 nitrogen and oxygen atoms in total. The minimum absolute atomic E-state index is 0.0897. The lowest BCUT2D eigenvalue weighted by Gasteiger charge is -2.39. The van der Waals surface area contributed by atoms with Gasteiger partial charge >= 0.3 is 0 Å². The minimum atomic E-state index is -3.47. The van der Waals surface area contributed by atoms with Crippen LogP contribution < -0.4 is 0 Å². The molecule has 27 heavy (non-hydrogen) atoms. The van der Waals surface area contributed by atoms with Crippen molar-refractivity contribution in [2.75, 3.05) is 19.6 Å². The van der Waals surface area contributed by atoms with Crippen molar-refractivity contribution in [1.82, 2.24) is 9.21 Å². The highest BCUT2D eigenvalue weighted by atomic mass is 35.5. The zero-order chi connectivity index (χ0) is 19.4. The van der Waals surface area contributed by atoms with Crippen molar-refractivity contribution in [1.29, 1.82) is 0 Å². The normalized spacial score (nSPS) is 32.1. The average molecular weight is 413 g/mol. The molecule has 0 radical (unpaired) electrons. The number of benzene rings is 1. The Morgan fingerprint density at radius 2 is 2.00 bits per heavy atom. The number of morpholine rings is 1. The van der Waals surface area contributed by atoms with Crippen molar-refractivity contribution >= 4 is 27.5 Å². The Bertz CT molecular complexity index is 842. The van der Waals surface area contributed by atoms with Crippen LogP contribution in [0, 0.1) is 5.92 Å². The number of carbonyl (C=O) groups excluding carboxylic acids is 1. The molecule has 1 aromatic rings. The highest BCUT2D eigenvalue weighted by molar-refractivity contribution is 7.90. The first kappa shape index (κ1) is 19.2. The molecule has 1 spiro atoms. The monoisotopic (exact) mass is 412 g/mol. The van der Waals surface area contributed by atoms with Gasteiger partial charge in [0.2, 0.25) is 15.9 Å². The number of rotatable bonds is 4. The number of nitrogens with zero attached hydrogens (tertiary/aromatic N) is 2. The van der Waals surface area contributed by atoms with Gasteiger partial charge in [0.25, 0.3) is 0 Å². The second-order valence-corrected chi connectivity index (χ2v) is 10.9. The molecule has 2 bridgehead atoms. The Morgan fingerprint density at radius 3 is 2.67 bits per heavy atom. The zero-order valence-electron chi connectivity index (χ0n) is 15.6. The minimum Gasteiger partial charge on any atom is -0.365 e. The van der Waals surface area contributed by atoms with E-state index in [0.717, 1.165) is 5.56 Å². The van der Waals surface area contributed by atoms with Gasteiger partial charge in [0.15, 0.2) is 0 Å². The predicted molar refractivity (Wildman–Crippen MR) is 103 cm³/mol. The Kier molecular flexibility index (Phi) is 4.78. The fourth-order valence-corrected chi connectivity index (χ4v) is 6.97. The van der Waals surface area contributed by atoms with Gasteiger partial charge in [0.1, 0.15) is 10.9 Å². The highest BCUT2D eigenvalue weighted by Gasteiger charge is 2.65. The number of sulfonamides is 1. The number of hydrogen-bond acceptors (Lipinski definition) is 4. The summed E-state index contributed by atoms with van der Waals surface area (Å²) in [5.74, 6) is 0.367. The average Bonchev–Trinajstić information content (AvgIpc) is 2.95. The van der Waals surface area contributed by atoms with Crippen LogP contribution >= 0.6 is 11.6 Å². The number of carbonyl (C=O) groups is 1. The number of hydrogen-bond donors (Lipinski definition) is 0. The first-order valence-corrected chi connectivity index (χ1v) is 11.3. The van der Waals surface area contributed by atoms with E-state index in [4.69, 9.17) is 16.3 Å². The molecule has 3 atom stereocenters. The molecule has 0 aromatic heterocycles. The molecule has 3 aliphatic rings. The molecule has 3 aliphatic heterocycles. The molecule has 0 unspecified atom stereocenters. The lowest BCUT2D eigenvalue weighted by atomic mass is 9.98. The van der Waals surface area contributed by atoms with Crippen LogP contribution in [0.25, 0.3) is 0 Å². The Hall–Kier alpha value is -1.15. The molecular formula is C19H25ClN2O4S. The van der Waals surface area contributed by atoms with E-state index in [1.54, 1.807) is 12.1 Å². The number of halogens is 1. The molecule has 1 aromatic carbocycles. The predicted octanol–water partition coefficient (Wildman–Crippen LogP) is 2.27. The molecule has 3 saturated heterocycles. The molecule has 0 N–H and O–H groups in total. The topological polar surface area (TPSA) is 66.9 Å². The summed E-state index contributed by atoms with van der Waals surface area (Å²) >= 11 is 5.92. The van der Waals surface area contributed by atoms with Gasteiger partial charge in [-0.25, -0.2) is 8.42 Å². The summed E-state index contributed by atoms with van der Waals surface area (Å²) in [6.07, 6.45) is 0.756. The van der Waals surface area contributed by atoms with Crippen LogP contribution in [0.5, 0.6) is 0 Å². The third-order valence-electron chi connectivity index (χ3n) is 5.72. The standard InChI is InChI=1S/C19H25ClN2O4S/c1-13(2)7-18(23)21-10-16-8-17-19(11-21,26-16)12-22(27(17,24)25)9-14-3-5-15(20)6-4-14/h3-6,13,16-17H,7-12H2,1-2H3/t16-,17+,19+/m1/s1. The summed E-state index contributed by atoms with van der Waals surface area (Å²) in [4.78, 5) is 14.4. The van der Waals surface area contributed by atoms with Crippen LogP contribution in [-0.2, 0) is 26.1 Å². The summed E-state index contributed by atoms with van der Waals surface area (Å²) < 4.78 is 34.0. The quantitative estimate of drug-likeness (QED) is 0.760. The number of ether oxygens (including phenoxy) is 1. The van der Waals surface area contributed by atoms with E-state index in [-0.39, 0.29) is 17.9 Å². The maximum atomic E-state index is 13.2. The number of fused-ring (bicyclic) bond motifs is 1. The summed E-state index contributed by atoms with van der Waals surface area (Å²) in [7, 11) is -3.47. The Morgan fingerprint density at radius 1 is 1.30 bits per heavy atom. The smallest absolute Gasteiger partial charge is 0.223 e. The molecule has 3 fully saturated rings. The summed E-state index contributed by atoms with van der Waals surface area (Å²) in [5, 5.41) is 0.0513. The fraction of sp³-hybridized carbons (Fsp3) is 0.632. The van der Waals surface area contributed by atoms with Crippen LogP contribution in [0.4, 0.5) is 0 Å². The number of amides is 1. The van der Waals surface area contributed by atoms with Gasteiger partial charge in [-0.05, 0) is 30.0 Å². The van der Waals surface area contributed by atoms with Crippen molar-refractivity contribution in [3.05, 3.63) is 34.9 Å². The zero-order valence-corrected chi connectivity index (χ0v) is 17.2. The third-order valence-corrected chi connectivity index (χ3v) is 8.29. The largest absolute Gasteiger partial charge is 0.365 e. The van der Waals surface area contributed by atoms with Crippen molar-refractivity contribution in [2.24, 2.45) is 5.92 Å². The molecule has 148 valence electrons. The third kappa shape index (κ3) is 3.39. The maximum Gasteiger partial charge on any atom is 0.223 e. The highest BCUT2D eigenvalue weighted by Crippen LogP contribution is 2.47. The van der Waals surface area contributed by atoms with E-state index < -0.39 is 20.9 Å². The van der Waals surface area contributed by atoms with Gasteiger partial charge in [-0.15, -0.1) is 0 Å². The van der Waals surface area contributed by atoms with E-state index in [1.165, 1.54) is 4.31 Å². The van der Waals surface area contributed by atoms with Crippen LogP contribution in [0.3, 0.4) is 0 Å². The van der Waals surface area contributed by atoms with E-state index in [9.17, 15) is 13.2 Å². The number of likely N-dealkylation sites (tertiary alicyclic amines) is 1. The van der Waals surface area contributed by atoms with Crippen LogP contribution in [0.15, 0.2) is 24.3 Å². The van der Waals surface area contributed by atoms with Crippen molar-refractivity contribution in [3.8, 4) is 0 Å². The van der Waals surface area contributed by atoms with E-state index >= 15 is 0 Å². The second kappa shape index (κ2) is 6.72. The van der Waals surface area contributed by atoms with Crippen molar-refractivity contribution < 1.29 is 17.9 Å². The van der Waals surface area contributed by atoms with Gasteiger partial charge in [-0.3, -0.25) is 4.79 Å². The van der Waals surface area contributed by atoms with Gasteiger partial charge in [0, 0.05) is 31.1 Å². The van der Waals surface area contributed by atoms with Crippen LogP contribution in [0.2, 0.25) is 5.02 Å². The van der Waals surface area contributed by atoms with E-state index in [0.29, 0.717) is 44.0 Å². The molecule has 8 heteroatoms. The SMILES string of the molecule is CC(C)CC(=O)N1C[C@H]2C[C@H]3[C@](C1)(CN(Cc1ccc(Cl)cc1)S3(=O)=O)O2. The van der Waals surface area contributed by atoms with Crippen LogP contribution in [-0.4, -0.2) is 60.1 Å². The van der Waals surface area contributed by atoms with E-state index in [2.05, 4.69) is 0 Å². The molecule has 4 rings (SSSR count). The molecule has 0 aliphatic carbocycles. The first-order valence-electron chi connectivity index (χ1n) is 9.39. The van der Waals surface area contributed by atoms with Gasteiger partial charge in [0.05, 0.1) is 12.6 Å². The van der Waals surface area contributed by atoms with Gasteiger partial charge < -0.3 is 9.64 Å². The van der Waals surface area contributed by atoms with Crippen molar-refractivity contribution in [3.63, 3.8) is 0 Å². The van der Waals surface area contributed by atoms with Crippen molar-refractivity contribution in [2.45, 2.75) is 50.2 Å². The Labute approximate surface area is 165 Å². The van der Waals surface area contributed by atoms with Crippen LogP contribution in [0.1, 0.15) is 32.3 Å². The summed E-state index contributed by atoms with van der Waals surface area (Å²) in [5.41, 5.74) is 0.0836. The van der Waals surface area contributed by atoms with Gasteiger partial charge in [-0.1, -0.05) is 37.6 Å². The second-order valence-electron chi connectivity index (χ2n) is 8.34. The fourth-order valence-electron chi connectivity index (χ4n) is 4.55. The molecule has 3 heterocycles. The first-order chi connectivity index (χ1) is 12.7. The lowest BCUT2D eigenvalue weighted by molar-refractivity contribution is -0.151. The molecule has 1 amide bonds. The molecular weight excluding hydrogens is 388 g/mol. The lowest BCUT2D eigenvalue weighted by Crippen LogP contribution is -2.56. The Balaban J connectivity index is 1.56.